The van der Waals surface area contributed by atoms with Gasteiger partial charge in [0.05, 0.1) is 10.5 Å². The van der Waals surface area contributed by atoms with Gasteiger partial charge in [0, 0.05) is 19.2 Å². The first kappa shape index (κ1) is 16.9. The first-order valence-electron chi connectivity index (χ1n) is 6.98. The standard InChI is InChI=1S/C14H21N3O4/c1-3-9-16(4-2)10-8-15-13-11(14(18)19)6-5-7-12(13)17(20)21/h5-7,15H,3-4,8-10H2,1-2H3,(H,18,19). The molecule has 21 heavy (non-hydrogen) atoms. The zero-order valence-corrected chi connectivity index (χ0v) is 12.3. The number of nitro groups is 1. The van der Waals surface area contributed by atoms with E-state index in [2.05, 4.69) is 17.1 Å². The Kier molecular flexibility index (Phi) is 6.61. The van der Waals surface area contributed by atoms with Gasteiger partial charge in [0.25, 0.3) is 5.69 Å². The molecule has 0 aliphatic heterocycles. The van der Waals surface area contributed by atoms with Crippen molar-refractivity contribution in [2.24, 2.45) is 0 Å². The average molecular weight is 295 g/mol. The molecule has 7 heteroatoms. The van der Waals surface area contributed by atoms with Gasteiger partial charge in [0.15, 0.2) is 0 Å². The molecule has 7 nitrogen and oxygen atoms in total. The summed E-state index contributed by atoms with van der Waals surface area (Å²) in [5.41, 5.74) is -0.223. The first-order valence-corrected chi connectivity index (χ1v) is 6.98. The molecule has 2 N–H and O–H groups in total. The van der Waals surface area contributed by atoms with Crippen LogP contribution in [0.25, 0.3) is 0 Å². The number of para-hydroxylation sites is 1. The van der Waals surface area contributed by atoms with E-state index in [0.717, 1.165) is 19.5 Å². The van der Waals surface area contributed by atoms with Crippen LogP contribution < -0.4 is 5.32 Å². The number of nitro benzene ring substituents is 1. The van der Waals surface area contributed by atoms with Gasteiger partial charge in [-0.1, -0.05) is 19.9 Å². The third-order valence-corrected chi connectivity index (χ3v) is 3.19. The first-order chi connectivity index (χ1) is 10.0. The number of rotatable bonds is 9. The lowest BCUT2D eigenvalue weighted by Crippen LogP contribution is -2.30. The third-order valence-electron chi connectivity index (χ3n) is 3.19. The molecule has 0 saturated carbocycles. The van der Waals surface area contributed by atoms with Gasteiger partial charge in [-0.3, -0.25) is 10.1 Å². The zero-order chi connectivity index (χ0) is 15.8. The van der Waals surface area contributed by atoms with Gasteiger partial charge in [-0.15, -0.1) is 0 Å². The second kappa shape index (κ2) is 8.21. The molecule has 0 saturated heterocycles. The van der Waals surface area contributed by atoms with Crippen molar-refractivity contribution in [1.82, 2.24) is 4.90 Å². The Hall–Kier alpha value is -2.15. The number of carboxylic acids is 1. The highest BCUT2D eigenvalue weighted by molar-refractivity contribution is 5.96. The van der Waals surface area contributed by atoms with Crippen LogP contribution in [0.4, 0.5) is 11.4 Å². The fourth-order valence-corrected chi connectivity index (χ4v) is 2.14. The smallest absolute Gasteiger partial charge is 0.338 e. The topological polar surface area (TPSA) is 95.7 Å². The molecule has 0 fully saturated rings. The Balaban J connectivity index is 2.85. The fourth-order valence-electron chi connectivity index (χ4n) is 2.14. The highest BCUT2D eigenvalue weighted by Gasteiger charge is 2.20. The van der Waals surface area contributed by atoms with E-state index in [1.807, 2.05) is 6.92 Å². The summed E-state index contributed by atoms with van der Waals surface area (Å²) in [5.74, 6) is -1.18. The van der Waals surface area contributed by atoms with Crippen LogP contribution in [0, 0.1) is 10.1 Å². The van der Waals surface area contributed by atoms with Crippen molar-refractivity contribution in [2.75, 3.05) is 31.5 Å². The van der Waals surface area contributed by atoms with Gasteiger partial charge in [-0.2, -0.15) is 0 Å². The molecule has 0 unspecified atom stereocenters. The molecule has 0 spiro atoms. The summed E-state index contributed by atoms with van der Waals surface area (Å²) >= 11 is 0. The van der Waals surface area contributed by atoms with E-state index in [1.165, 1.54) is 18.2 Å². The predicted octanol–water partition coefficient (Wildman–Crippen LogP) is 2.44. The zero-order valence-electron chi connectivity index (χ0n) is 12.3. The molecule has 0 aliphatic carbocycles. The Morgan fingerprint density at radius 2 is 2.10 bits per heavy atom. The Labute approximate surface area is 123 Å². The van der Waals surface area contributed by atoms with E-state index >= 15 is 0 Å². The van der Waals surface area contributed by atoms with Gasteiger partial charge < -0.3 is 15.3 Å². The molecule has 0 heterocycles. The summed E-state index contributed by atoms with van der Waals surface area (Å²) in [5, 5.41) is 23.1. The fraction of sp³-hybridized carbons (Fsp3) is 0.500. The van der Waals surface area contributed by atoms with Crippen molar-refractivity contribution in [1.29, 1.82) is 0 Å². The summed E-state index contributed by atoms with van der Waals surface area (Å²) < 4.78 is 0. The number of hydrogen-bond donors (Lipinski definition) is 2. The molecule has 1 rings (SSSR count). The summed E-state index contributed by atoms with van der Waals surface area (Å²) in [7, 11) is 0. The number of aromatic carboxylic acids is 1. The number of hydrogen-bond acceptors (Lipinski definition) is 5. The van der Waals surface area contributed by atoms with Crippen LogP contribution in [0.3, 0.4) is 0 Å². The Bertz CT molecular complexity index is 473. The number of nitrogens with one attached hydrogen (secondary N) is 1. The third kappa shape index (κ3) is 4.71. The van der Waals surface area contributed by atoms with E-state index in [0.29, 0.717) is 13.1 Å². The van der Waals surface area contributed by atoms with E-state index in [1.54, 1.807) is 0 Å². The van der Waals surface area contributed by atoms with Crippen LogP contribution in [-0.4, -0.2) is 47.1 Å². The number of anilines is 1. The van der Waals surface area contributed by atoms with Crippen molar-refractivity contribution in [3.63, 3.8) is 0 Å². The minimum atomic E-state index is -1.18. The average Bonchev–Trinajstić information content (AvgIpc) is 2.45. The molecule has 1 aromatic carbocycles. The van der Waals surface area contributed by atoms with Crippen molar-refractivity contribution in [3.8, 4) is 0 Å². The van der Waals surface area contributed by atoms with Crippen molar-refractivity contribution >= 4 is 17.3 Å². The lowest BCUT2D eigenvalue weighted by Gasteiger charge is -2.20. The second-order valence-electron chi connectivity index (χ2n) is 4.62. The minimum Gasteiger partial charge on any atom is -0.478 e. The molecular formula is C14H21N3O4. The quantitative estimate of drug-likeness (QED) is 0.536. The molecule has 0 aromatic heterocycles. The number of nitrogens with zero attached hydrogens (tertiary/aromatic N) is 2. The lowest BCUT2D eigenvalue weighted by atomic mass is 10.1. The predicted molar refractivity (Wildman–Crippen MR) is 81.0 cm³/mol. The van der Waals surface area contributed by atoms with E-state index < -0.39 is 10.9 Å². The second-order valence-corrected chi connectivity index (χ2v) is 4.62. The SMILES string of the molecule is CCCN(CC)CCNc1c(C(=O)O)cccc1[N+](=O)[O-]. The normalized spacial score (nSPS) is 10.6. The molecule has 0 aliphatic rings. The van der Waals surface area contributed by atoms with Crippen LogP contribution in [0.5, 0.6) is 0 Å². The van der Waals surface area contributed by atoms with Crippen LogP contribution in [0.15, 0.2) is 18.2 Å². The Morgan fingerprint density at radius 3 is 2.62 bits per heavy atom. The maximum Gasteiger partial charge on any atom is 0.338 e. The largest absolute Gasteiger partial charge is 0.478 e. The molecule has 1 aromatic rings. The van der Waals surface area contributed by atoms with E-state index in [9.17, 15) is 14.9 Å². The summed E-state index contributed by atoms with van der Waals surface area (Å²) in [6.45, 7) is 7.12. The van der Waals surface area contributed by atoms with Crippen molar-refractivity contribution < 1.29 is 14.8 Å². The van der Waals surface area contributed by atoms with Crippen LogP contribution in [0.1, 0.15) is 30.6 Å². The summed E-state index contributed by atoms with van der Waals surface area (Å²) in [4.78, 5) is 23.8. The molecule has 116 valence electrons. The highest BCUT2D eigenvalue weighted by atomic mass is 16.6. The van der Waals surface area contributed by atoms with Gasteiger partial charge in [-0.25, -0.2) is 4.79 Å². The molecule has 0 bridgehead atoms. The van der Waals surface area contributed by atoms with Crippen molar-refractivity contribution in [3.05, 3.63) is 33.9 Å². The highest BCUT2D eigenvalue weighted by Crippen LogP contribution is 2.28. The maximum atomic E-state index is 11.2. The van der Waals surface area contributed by atoms with E-state index in [4.69, 9.17) is 5.11 Å². The number of likely N-dealkylation sites (N-methyl/N-ethyl adjacent to an activating group) is 1. The van der Waals surface area contributed by atoms with Gasteiger partial charge in [-0.05, 0) is 25.6 Å². The maximum absolute atomic E-state index is 11.2. The lowest BCUT2D eigenvalue weighted by molar-refractivity contribution is -0.384. The van der Waals surface area contributed by atoms with Gasteiger partial charge in [0.2, 0.25) is 0 Å². The number of benzene rings is 1. The monoisotopic (exact) mass is 295 g/mol. The molecule has 0 radical (unpaired) electrons. The molecular weight excluding hydrogens is 274 g/mol. The summed E-state index contributed by atoms with van der Waals surface area (Å²) in [6, 6.07) is 4.04. The van der Waals surface area contributed by atoms with Crippen LogP contribution >= 0.6 is 0 Å². The van der Waals surface area contributed by atoms with Gasteiger partial charge >= 0.3 is 5.97 Å². The number of carboxylic acid groups (broad SMARTS) is 1. The summed E-state index contributed by atoms with van der Waals surface area (Å²) in [6.07, 6.45) is 1.03. The van der Waals surface area contributed by atoms with Gasteiger partial charge in [0.1, 0.15) is 5.69 Å². The van der Waals surface area contributed by atoms with Crippen molar-refractivity contribution in [2.45, 2.75) is 20.3 Å². The number of carbonyl (C=O) groups is 1. The van der Waals surface area contributed by atoms with Crippen LogP contribution in [-0.2, 0) is 0 Å². The molecule has 0 atom stereocenters. The minimum absolute atomic E-state index is 0.0718. The molecule has 0 amide bonds. The van der Waals surface area contributed by atoms with E-state index in [-0.39, 0.29) is 16.9 Å². The Morgan fingerprint density at radius 1 is 1.38 bits per heavy atom. The van der Waals surface area contributed by atoms with Crippen LogP contribution in [0.2, 0.25) is 0 Å².